The van der Waals surface area contributed by atoms with Crippen molar-refractivity contribution in [1.29, 1.82) is 0 Å². The van der Waals surface area contributed by atoms with Gasteiger partial charge in [-0.2, -0.15) is 0 Å². The molecule has 4 rings (SSSR count). The molecular formula is C19H16F2N2O4. The van der Waals surface area contributed by atoms with Crippen molar-refractivity contribution in [3.8, 4) is 11.5 Å². The van der Waals surface area contributed by atoms with E-state index in [0.717, 1.165) is 12.1 Å². The molecule has 0 aliphatic carbocycles. The van der Waals surface area contributed by atoms with Crippen LogP contribution in [-0.4, -0.2) is 31.6 Å². The standard InChI is InChI=1S/C19H16F2N2O4/c20-13-2-1-3-14(21)18(13)22-19(25)11-8-17(24)23(10-11)12-4-5-15-16(9-12)27-7-6-26-15/h1-5,9,11H,6-8,10H2,(H,22,25). The van der Waals surface area contributed by atoms with E-state index >= 15 is 0 Å². The maximum atomic E-state index is 13.7. The van der Waals surface area contributed by atoms with Crippen LogP contribution in [0.25, 0.3) is 0 Å². The lowest BCUT2D eigenvalue weighted by atomic mass is 10.1. The summed E-state index contributed by atoms with van der Waals surface area (Å²) in [6, 6.07) is 8.42. The van der Waals surface area contributed by atoms with E-state index in [0.29, 0.717) is 30.4 Å². The molecule has 0 bridgehead atoms. The first-order valence-corrected chi connectivity index (χ1v) is 8.48. The van der Waals surface area contributed by atoms with Crippen LogP contribution in [0.3, 0.4) is 0 Å². The molecule has 0 aromatic heterocycles. The lowest BCUT2D eigenvalue weighted by molar-refractivity contribution is -0.122. The number of para-hydroxylation sites is 1. The van der Waals surface area contributed by atoms with Crippen molar-refractivity contribution in [2.45, 2.75) is 6.42 Å². The van der Waals surface area contributed by atoms with Gasteiger partial charge in [-0.3, -0.25) is 9.59 Å². The van der Waals surface area contributed by atoms with Crippen molar-refractivity contribution in [2.24, 2.45) is 5.92 Å². The Morgan fingerprint density at radius 3 is 2.52 bits per heavy atom. The van der Waals surface area contributed by atoms with E-state index < -0.39 is 29.1 Å². The van der Waals surface area contributed by atoms with E-state index in [-0.39, 0.29) is 18.9 Å². The van der Waals surface area contributed by atoms with Gasteiger partial charge in [0.2, 0.25) is 11.8 Å². The smallest absolute Gasteiger partial charge is 0.229 e. The summed E-state index contributed by atoms with van der Waals surface area (Å²) in [5.74, 6) is -2.17. The summed E-state index contributed by atoms with van der Waals surface area (Å²) < 4.78 is 38.4. The Morgan fingerprint density at radius 1 is 1.07 bits per heavy atom. The number of fused-ring (bicyclic) bond motifs is 1. The Labute approximate surface area is 153 Å². The highest BCUT2D eigenvalue weighted by Crippen LogP contribution is 2.36. The first kappa shape index (κ1) is 17.3. The number of nitrogens with zero attached hydrogens (tertiary/aromatic N) is 1. The maximum Gasteiger partial charge on any atom is 0.229 e. The monoisotopic (exact) mass is 374 g/mol. The minimum absolute atomic E-state index is 0.0453. The van der Waals surface area contributed by atoms with Crippen molar-refractivity contribution in [1.82, 2.24) is 0 Å². The van der Waals surface area contributed by atoms with Gasteiger partial charge in [-0.15, -0.1) is 0 Å². The summed E-state index contributed by atoms with van der Waals surface area (Å²) in [6.07, 6.45) is -0.0453. The first-order chi connectivity index (χ1) is 13.0. The number of rotatable bonds is 3. The van der Waals surface area contributed by atoms with E-state index in [4.69, 9.17) is 9.47 Å². The van der Waals surface area contributed by atoms with Gasteiger partial charge in [-0.1, -0.05) is 6.07 Å². The molecule has 2 aromatic carbocycles. The molecule has 1 fully saturated rings. The van der Waals surface area contributed by atoms with E-state index in [1.807, 2.05) is 0 Å². The predicted molar refractivity (Wildman–Crippen MR) is 92.9 cm³/mol. The fraction of sp³-hybridized carbons (Fsp3) is 0.263. The summed E-state index contributed by atoms with van der Waals surface area (Å²) in [5, 5.41) is 2.25. The number of carbonyl (C=O) groups is 2. The normalized spacial score (nSPS) is 18.5. The minimum atomic E-state index is -0.864. The third-order valence-corrected chi connectivity index (χ3v) is 4.54. The molecule has 2 aromatic rings. The molecule has 140 valence electrons. The second-order valence-corrected chi connectivity index (χ2v) is 6.32. The molecule has 1 saturated heterocycles. The second-order valence-electron chi connectivity index (χ2n) is 6.32. The Balaban J connectivity index is 1.50. The summed E-state index contributed by atoms with van der Waals surface area (Å²) >= 11 is 0. The molecule has 1 N–H and O–H groups in total. The minimum Gasteiger partial charge on any atom is -0.486 e. The van der Waals surface area contributed by atoms with Crippen molar-refractivity contribution < 1.29 is 27.8 Å². The number of amides is 2. The fourth-order valence-corrected chi connectivity index (χ4v) is 3.18. The molecule has 0 saturated carbocycles. The van der Waals surface area contributed by atoms with E-state index in [1.165, 1.54) is 11.0 Å². The molecule has 8 heteroatoms. The topological polar surface area (TPSA) is 67.9 Å². The number of anilines is 2. The molecule has 2 heterocycles. The summed E-state index contributed by atoms with van der Waals surface area (Å²) in [4.78, 5) is 26.2. The average molecular weight is 374 g/mol. The molecule has 0 spiro atoms. The summed E-state index contributed by atoms with van der Waals surface area (Å²) in [7, 11) is 0. The molecule has 6 nitrogen and oxygen atoms in total. The number of carbonyl (C=O) groups excluding carboxylic acids is 2. The molecule has 2 aliphatic rings. The Bertz CT molecular complexity index is 898. The first-order valence-electron chi connectivity index (χ1n) is 8.48. The van der Waals surface area contributed by atoms with Gasteiger partial charge in [0.25, 0.3) is 0 Å². The number of benzene rings is 2. The van der Waals surface area contributed by atoms with Crippen LogP contribution < -0.4 is 19.7 Å². The number of hydrogen-bond donors (Lipinski definition) is 1. The molecule has 2 amide bonds. The quantitative estimate of drug-likeness (QED) is 0.897. The zero-order chi connectivity index (χ0) is 19.0. The number of halogens is 2. The van der Waals surface area contributed by atoms with Crippen LogP contribution in [0.4, 0.5) is 20.2 Å². The van der Waals surface area contributed by atoms with Crippen molar-refractivity contribution in [3.63, 3.8) is 0 Å². The van der Waals surface area contributed by atoms with Gasteiger partial charge in [0.1, 0.15) is 30.5 Å². The lowest BCUT2D eigenvalue weighted by Gasteiger charge is -2.22. The van der Waals surface area contributed by atoms with Crippen LogP contribution in [0.15, 0.2) is 36.4 Å². The van der Waals surface area contributed by atoms with Crippen molar-refractivity contribution in [3.05, 3.63) is 48.0 Å². The van der Waals surface area contributed by atoms with Crippen molar-refractivity contribution in [2.75, 3.05) is 30.0 Å². The van der Waals surface area contributed by atoms with Crippen LogP contribution in [0.5, 0.6) is 11.5 Å². The zero-order valence-electron chi connectivity index (χ0n) is 14.2. The van der Waals surface area contributed by atoms with E-state index in [9.17, 15) is 18.4 Å². The van der Waals surface area contributed by atoms with Gasteiger partial charge in [0.05, 0.1) is 5.92 Å². The van der Waals surface area contributed by atoms with Crippen LogP contribution in [0.1, 0.15) is 6.42 Å². The number of hydrogen-bond acceptors (Lipinski definition) is 4. The third-order valence-electron chi connectivity index (χ3n) is 4.54. The summed E-state index contributed by atoms with van der Waals surface area (Å²) in [5.41, 5.74) is 0.0735. The van der Waals surface area contributed by atoms with Gasteiger partial charge < -0.3 is 19.7 Å². The number of nitrogens with one attached hydrogen (secondary N) is 1. The predicted octanol–water partition coefficient (Wildman–Crippen LogP) is 2.73. The van der Waals surface area contributed by atoms with E-state index in [2.05, 4.69) is 5.32 Å². The van der Waals surface area contributed by atoms with Gasteiger partial charge in [0.15, 0.2) is 11.5 Å². The molecule has 1 unspecified atom stereocenters. The summed E-state index contributed by atoms with van der Waals surface area (Å²) in [6.45, 7) is 0.994. The van der Waals surface area contributed by atoms with Crippen LogP contribution in [-0.2, 0) is 9.59 Å². The molecular weight excluding hydrogens is 358 g/mol. The highest BCUT2D eigenvalue weighted by molar-refractivity contribution is 6.03. The highest BCUT2D eigenvalue weighted by Gasteiger charge is 2.36. The van der Waals surface area contributed by atoms with Crippen LogP contribution in [0.2, 0.25) is 0 Å². The van der Waals surface area contributed by atoms with Gasteiger partial charge in [-0.05, 0) is 24.3 Å². The van der Waals surface area contributed by atoms with Gasteiger partial charge in [0, 0.05) is 24.7 Å². The molecule has 1 atom stereocenters. The zero-order valence-corrected chi connectivity index (χ0v) is 14.2. The second kappa shape index (κ2) is 6.86. The van der Waals surface area contributed by atoms with Crippen LogP contribution >= 0.6 is 0 Å². The largest absolute Gasteiger partial charge is 0.486 e. The van der Waals surface area contributed by atoms with Crippen molar-refractivity contribution >= 4 is 23.2 Å². The molecule has 27 heavy (non-hydrogen) atoms. The van der Waals surface area contributed by atoms with Crippen LogP contribution in [0, 0.1) is 17.6 Å². The maximum absolute atomic E-state index is 13.7. The van der Waals surface area contributed by atoms with Gasteiger partial charge >= 0.3 is 0 Å². The lowest BCUT2D eigenvalue weighted by Crippen LogP contribution is -2.28. The number of ether oxygens (including phenoxy) is 2. The van der Waals surface area contributed by atoms with E-state index in [1.54, 1.807) is 18.2 Å². The van der Waals surface area contributed by atoms with Gasteiger partial charge in [-0.25, -0.2) is 8.78 Å². The Hall–Kier alpha value is -3.16. The Morgan fingerprint density at radius 2 is 1.78 bits per heavy atom. The Kier molecular flexibility index (Phi) is 4.39. The SMILES string of the molecule is O=C(Nc1c(F)cccc1F)C1CC(=O)N(c2ccc3c(c2)OCCO3)C1. The average Bonchev–Trinajstić information content (AvgIpc) is 3.06. The fourth-order valence-electron chi connectivity index (χ4n) is 3.18. The highest BCUT2D eigenvalue weighted by atomic mass is 19.1. The third kappa shape index (κ3) is 3.30. The molecule has 2 aliphatic heterocycles. The molecule has 0 radical (unpaired) electrons.